The van der Waals surface area contributed by atoms with Crippen LogP contribution in [0.1, 0.15) is 26.2 Å². The Hall–Kier alpha value is -0.820. The van der Waals surface area contributed by atoms with Gasteiger partial charge in [-0.2, -0.15) is 0 Å². The average Bonchev–Trinajstić information content (AvgIpc) is 2.14. The van der Waals surface area contributed by atoms with Crippen LogP contribution in [0.15, 0.2) is 0 Å². The molecule has 0 rings (SSSR count). The lowest BCUT2D eigenvalue weighted by Crippen LogP contribution is -2.40. The lowest BCUT2D eigenvalue weighted by molar-refractivity contribution is -0.326. The van der Waals surface area contributed by atoms with Crippen molar-refractivity contribution in [1.29, 1.82) is 0 Å². The normalized spacial score (nSPS) is 15.8. The van der Waals surface area contributed by atoms with Gasteiger partial charge in [-0.25, -0.2) is 0 Å². The largest absolute Gasteiger partial charge is 0.522 e. The molecule has 0 aromatic heterocycles. The summed E-state index contributed by atoms with van der Waals surface area (Å²) in [5.41, 5.74) is 4.01. The van der Waals surface area contributed by atoms with E-state index in [-0.39, 0.29) is 19.4 Å². The topological polar surface area (TPSA) is 72.5 Å². The molecular weight excluding hydrogens is 227 g/mol. The predicted octanol–water partition coefficient (Wildman–Crippen LogP) is 1.74. The number of rotatable bonds is 7. The van der Waals surface area contributed by atoms with Gasteiger partial charge in [0.05, 0.1) is 12.0 Å². The number of carboxylic acid groups (broad SMARTS) is 1. The third-order valence-electron chi connectivity index (χ3n) is 2.42. The van der Waals surface area contributed by atoms with Gasteiger partial charge in [0.1, 0.15) is 0 Å². The number of nitrogens with two attached hydrogens (primary N) is 1. The van der Waals surface area contributed by atoms with Crippen LogP contribution in [0.3, 0.4) is 0 Å². The summed E-state index contributed by atoms with van der Waals surface area (Å²) in [5, 5.41) is 8.97. The molecule has 0 heterocycles. The van der Waals surface area contributed by atoms with E-state index >= 15 is 0 Å². The second-order valence-corrected chi connectivity index (χ2v) is 3.58. The Kier molecular flexibility index (Phi) is 5.74. The Balaban J connectivity index is 4.38. The van der Waals surface area contributed by atoms with Gasteiger partial charge >= 0.3 is 12.3 Å². The van der Waals surface area contributed by atoms with Gasteiger partial charge in [-0.15, -0.1) is 13.2 Å². The van der Waals surface area contributed by atoms with Crippen LogP contribution in [0.2, 0.25) is 0 Å². The number of carbonyl (C=O) groups is 1. The van der Waals surface area contributed by atoms with Crippen molar-refractivity contribution in [3.63, 3.8) is 0 Å². The van der Waals surface area contributed by atoms with E-state index in [9.17, 15) is 18.0 Å². The number of aliphatic carboxylic acids is 1. The molecule has 96 valence electrons. The molecular formula is C9H16F3NO3. The van der Waals surface area contributed by atoms with Gasteiger partial charge in [-0.3, -0.25) is 9.53 Å². The van der Waals surface area contributed by atoms with Gasteiger partial charge in [-0.1, -0.05) is 13.3 Å². The van der Waals surface area contributed by atoms with Crippen LogP contribution < -0.4 is 5.73 Å². The van der Waals surface area contributed by atoms with Crippen LogP contribution >= 0.6 is 0 Å². The number of alkyl halides is 3. The lowest BCUT2D eigenvalue weighted by Gasteiger charge is -2.27. The SMILES string of the molecule is CCCC(CN)(CCOC(F)(F)F)C(=O)O. The van der Waals surface area contributed by atoms with Gasteiger partial charge in [-0.05, 0) is 12.8 Å². The fourth-order valence-electron chi connectivity index (χ4n) is 1.47. The monoisotopic (exact) mass is 243 g/mol. The summed E-state index contributed by atoms with van der Waals surface area (Å²) in [6.45, 7) is 0.863. The van der Waals surface area contributed by atoms with E-state index in [1.165, 1.54) is 0 Å². The molecule has 0 spiro atoms. The first-order chi connectivity index (χ1) is 7.27. The summed E-state index contributed by atoms with van der Waals surface area (Å²) in [6, 6.07) is 0. The van der Waals surface area contributed by atoms with Crippen LogP contribution in [0.5, 0.6) is 0 Å². The highest BCUT2D eigenvalue weighted by Gasteiger charge is 2.38. The molecule has 0 aromatic rings. The van der Waals surface area contributed by atoms with Gasteiger partial charge in [0.25, 0.3) is 0 Å². The minimum Gasteiger partial charge on any atom is -0.481 e. The van der Waals surface area contributed by atoms with Crippen LogP contribution in [-0.2, 0) is 9.53 Å². The van der Waals surface area contributed by atoms with Crippen molar-refractivity contribution in [2.45, 2.75) is 32.5 Å². The Morgan fingerprint density at radius 3 is 2.25 bits per heavy atom. The van der Waals surface area contributed by atoms with E-state index in [1.54, 1.807) is 6.92 Å². The first kappa shape index (κ1) is 15.2. The molecule has 1 unspecified atom stereocenters. The third kappa shape index (κ3) is 4.80. The molecule has 0 saturated heterocycles. The van der Waals surface area contributed by atoms with Crippen LogP contribution in [0.4, 0.5) is 13.2 Å². The Bertz CT molecular complexity index is 233. The van der Waals surface area contributed by atoms with E-state index in [0.29, 0.717) is 6.42 Å². The van der Waals surface area contributed by atoms with Crippen molar-refractivity contribution in [3.05, 3.63) is 0 Å². The molecule has 7 heteroatoms. The average molecular weight is 243 g/mol. The molecule has 0 amide bonds. The smallest absolute Gasteiger partial charge is 0.481 e. The highest BCUT2D eigenvalue weighted by Crippen LogP contribution is 2.29. The molecule has 16 heavy (non-hydrogen) atoms. The van der Waals surface area contributed by atoms with E-state index in [0.717, 1.165) is 0 Å². The number of hydrogen-bond donors (Lipinski definition) is 2. The zero-order valence-electron chi connectivity index (χ0n) is 9.01. The minimum absolute atomic E-state index is 0.197. The first-order valence-electron chi connectivity index (χ1n) is 4.91. The molecule has 0 aliphatic heterocycles. The number of halogens is 3. The quantitative estimate of drug-likeness (QED) is 0.714. The van der Waals surface area contributed by atoms with E-state index in [4.69, 9.17) is 10.8 Å². The summed E-state index contributed by atoms with van der Waals surface area (Å²) in [4.78, 5) is 11.0. The van der Waals surface area contributed by atoms with Crippen molar-refractivity contribution in [2.75, 3.05) is 13.2 Å². The maximum absolute atomic E-state index is 11.7. The second kappa shape index (κ2) is 6.05. The van der Waals surface area contributed by atoms with Gasteiger partial charge in [0.15, 0.2) is 0 Å². The van der Waals surface area contributed by atoms with Crippen molar-refractivity contribution in [1.82, 2.24) is 0 Å². The summed E-state index contributed by atoms with van der Waals surface area (Å²) < 4.78 is 38.7. The fourth-order valence-corrected chi connectivity index (χ4v) is 1.47. The Labute approximate surface area is 91.6 Å². The Morgan fingerprint density at radius 2 is 1.94 bits per heavy atom. The van der Waals surface area contributed by atoms with Gasteiger partial charge < -0.3 is 10.8 Å². The minimum atomic E-state index is -4.73. The molecule has 1 atom stereocenters. The van der Waals surface area contributed by atoms with Crippen molar-refractivity contribution < 1.29 is 27.8 Å². The molecule has 0 aliphatic carbocycles. The molecule has 0 saturated carbocycles. The standard InChI is InChI=1S/C9H16F3NO3/c1-2-3-8(6-13,7(14)15)4-5-16-9(10,11)12/h2-6,13H2,1H3,(H,14,15). The zero-order chi connectivity index (χ0) is 12.8. The Morgan fingerprint density at radius 1 is 1.38 bits per heavy atom. The fraction of sp³-hybridized carbons (Fsp3) is 0.889. The van der Waals surface area contributed by atoms with E-state index < -0.39 is 24.4 Å². The molecule has 0 fully saturated rings. The summed E-state index contributed by atoms with van der Waals surface area (Å²) in [5.74, 6) is -1.18. The van der Waals surface area contributed by atoms with Crippen molar-refractivity contribution >= 4 is 5.97 Å². The molecule has 3 N–H and O–H groups in total. The summed E-state index contributed by atoms with van der Waals surface area (Å²) in [6.07, 6.45) is -4.20. The van der Waals surface area contributed by atoms with E-state index in [1.807, 2.05) is 0 Å². The first-order valence-corrected chi connectivity index (χ1v) is 4.91. The molecule has 0 radical (unpaired) electrons. The highest BCUT2D eigenvalue weighted by molar-refractivity contribution is 5.74. The maximum atomic E-state index is 11.7. The van der Waals surface area contributed by atoms with Crippen molar-refractivity contribution in [3.8, 4) is 0 Å². The van der Waals surface area contributed by atoms with Crippen LogP contribution in [0, 0.1) is 5.41 Å². The highest BCUT2D eigenvalue weighted by atomic mass is 19.4. The second-order valence-electron chi connectivity index (χ2n) is 3.58. The maximum Gasteiger partial charge on any atom is 0.522 e. The molecule has 0 aliphatic rings. The number of hydrogen-bond acceptors (Lipinski definition) is 3. The third-order valence-corrected chi connectivity index (χ3v) is 2.42. The molecule has 0 aromatic carbocycles. The molecule has 4 nitrogen and oxygen atoms in total. The predicted molar refractivity (Wildman–Crippen MR) is 50.7 cm³/mol. The summed E-state index contributed by atoms with van der Waals surface area (Å²) >= 11 is 0. The van der Waals surface area contributed by atoms with Gasteiger partial charge in [0.2, 0.25) is 0 Å². The number of carboxylic acids is 1. The summed E-state index contributed by atoms with van der Waals surface area (Å²) in [7, 11) is 0. The van der Waals surface area contributed by atoms with Crippen molar-refractivity contribution in [2.24, 2.45) is 11.1 Å². The zero-order valence-corrected chi connectivity index (χ0v) is 9.01. The van der Waals surface area contributed by atoms with E-state index in [2.05, 4.69) is 4.74 Å². The van der Waals surface area contributed by atoms with Crippen LogP contribution in [0.25, 0.3) is 0 Å². The lowest BCUT2D eigenvalue weighted by atomic mass is 9.80. The van der Waals surface area contributed by atoms with Gasteiger partial charge in [0, 0.05) is 6.54 Å². The van der Waals surface area contributed by atoms with Crippen LogP contribution in [-0.4, -0.2) is 30.6 Å². The molecule has 0 bridgehead atoms. The number of ether oxygens (including phenoxy) is 1.